The normalized spacial score (nSPS) is 12.2. The van der Waals surface area contributed by atoms with Gasteiger partial charge in [0, 0.05) is 11.6 Å². The first-order valence-corrected chi connectivity index (χ1v) is 7.06. The number of rotatable bonds is 4. The molecule has 0 aliphatic rings. The van der Waals surface area contributed by atoms with E-state index in [9.17, 15) is 4.79 Å². The lowest BCUT2D eigenvalue weighted by Crippen LogP contribution is -2.32. The number of hydrogen-bond donors (Lipinski definition) is 2. The number of para-hydroxylation sites is 1. The van der Waals surface area contributed by atoms with Crippen LogP contribution in [-0.4, -0.2) is 22.1 Å². The number of hydrogen-bond acceptors (Lipinski definition) is 3. The molecule has 0 fully saturated rings. The van der Waals surface area contributed by atoms with E-state index in [1.165, 1.54) is 0 Å². The Kier molecular flexibility index (Phi) is 3.85. The van der Waals surface area contributed by atoms with Gasteiger partial charge in [0.05, 0.1) is 5.52 Å². The zero-order valence-electron chi connectivity index (χ0n) is 11.9. The van der Waals surface area contributed by atoms with Gasteiger partial charge in [-0.3, -0.25) is 9.78 Å². The van der Waals surface area contributed by atoms with Gasteiger partial charge in [0.1, 0.15) is 6.04 Å². The summed E-state index contributed by atoms with van der Waals surface area (Å²) >= 11 is 0. The van der Waals surface area contributed by atoms with Crippen molar-refractivity contribution >= 4 is 16.9 Å². The molecule has 0 radical (unpaired) electrons. The van der Waals surface area contributed by atoms with Gasteiger partial charge < -0.3 is 10.8 Å². The van der Waals surface area contributed by atoms with Crippen LogP contribution in [0, 0.1) is 0 Å². The molecule has 0 aliphatic carbocycles. The van der Waals surface area contributed by atoms with Crippen molar-refractivity contribution in [2.24, 2.45) is 5.73 Å². The lowest BCUT2D eigenvalue weighted by molar-refractivity contribution is -0.138. The minimum atomic E-state index is -0.986. The maximum Gasteiger partial charge on any atom is 0.320 e. The third-order valence-corrected chi connectivity index (χ3v) is 3.66. The zero-order chi connectivity index (χ0) is 15.5. The molecule has 1 aromatic heterocycles. The van der Waals surface area contributed by atoms with E-state index >= 15 is 0 Å². The van der Waals surface area contributed by atoms with Gasteiger partial charge in [0.25, 0.3) is 0 Å². The lowest BCUT2D eigenvalue weighted by Gasteiger charge is -2.10. The Hall–Kier alpha value is -2.72. The standard InChI is InChI=1S/C18H16N2O2/c19-16(18(21)22)11-12-4-3-5-13(10-12)14-8-9-20-17-7-2-1-6-15(14)17/h1-10,16H,11,19H2,(H,21,22). The van der Waals surface area contributed by atoms with Crippen molar-refractivity contribution in [3.8, 4) is 11.1 Å². The van der Waals surface area contributed by atoms with Crippen LogP contribution in [0.1, 0.15) is 5.56 Å². The van der Waals surface area contributed by atoms with Crippen molar-refractivity contribution in [2.45, 2.75) is 12.5 Å². The second-order valence-corrected chi connectivity index (χ2v) is 5.22. The molecule has 0 saturated carbocycles. The first-order chi connectivity index (χ1) is 10.6. The maximum atomic E-state index is 10.9. The minimum Gasteiger partial charge on any atom is -0.480 e. The number of benzene rings is 2. The van der Waals surface area contributed by atoms with Gasteiger partial charge in [-0.1, -0.05) is 42.5 Å². The number of aliphatic carboxylic acids is 1. The topological polar surface area (TPSA) is 76.2 Å². The fourth-order valence-corrected chi connectivity index (χ4v) is 2.55. The van der Waals surface area contributed by atoms with E-state index in [2.05, 4.69) is 4.98 Å². The molecule has 0 amide bonds. The highest BCUT2D eigenvalue weighted by molar-refractivity contribution is 5.94. The highest BCUT2D eigenvalue weighted by Crippen LogP contribution is 2.28. The van der Waals surface area contributed by atoms with Crippen LogP contribution in [0.15, 0.2) is 60.8 Å². The molecule has 3 rings (SSSR count). The summed E-state index contributed by atoms with van der Waals surface area (Å²) in [6, 6.07) is 16.9. The monoisotopic (exact) mass is 292 g/mol. The van der Waals surface area contributed by atoms with Gasteiger partial charge in [0.15, 0.2) is 0 Å². The van der Waals surface area contributed by atoms with E-state index in [0.717, 1.165) is 27.6 Å². The number of carbonyl (C=O) groups is 1. The van der Waals surface area contributed by atoms with Gasteiger partial charge in [-0.05, 0) is 35.2 Å². The quantitative estimate of drug-likeness (QED) is 0.775. The summed E-state index contributed by atoms with van der Waals surface area (Å²) in [5, 5.41) is 10.0. The molecular weight excluding hydrogens is 276 g/mol. The second kappa shape index (κ2) is 5.95. The van der Waals surface area contributed by atoms with Crippen LogP contribution in [0.3, 0.4) is 0 Å². The fraction of sp³-hybridized carbons (Fsp3) is 0.111. The van der Waals surface area contributed by atoms with Crippen LogP contribution in [0.25, 0.3) is 22.0 Å². The Morgan fingerprint density at radius 1 is 1.14 bits per heavy atom. The SMILES string of the molecule is NC(Cc1cccc(-c2ccnc3ccccc23)c1)C(=O)O. The number of carboxylic acids is 1. The molecule has 1 heterocycles. The third kappa shape index (κ3) is 2.82. The Labute approximate surface area is 128 Å². The van der Waals surface area contributed by atoms with Gasteiger partial charge >= 0.3 is 5.97 Å². The number of nitrogens with zero attached hydrogens (tertiary/aromatic N) is 1. The van der Waals surface area contributed by atoms with Crippen LogP contribution in [0.2, 0.25) is 0 Å². The minimum absolute atomic E-state index is 0.312. The van der Waals surface area contributed by atoms with Crippen molar-refractivity contribution in [2.75, 3.05) is 0 Å². The summed E-state index contributed by atoms with van der Waals surface area (Å²) in [5.41, 5.74) is 9.58. The predicted molar refractivity (Wildman–Crippen MR) is 86.5 cm³/mol. The van der Waals surface area contributed by atoms with Crippen molar-refractivity contribution in [3.63, 3.8) is 0 Å². The number of aromatic nitrogens is 1. The van der Waals surface area contributed by atoms with Crippen molar-refractivity contribution < 1.29 is 9.90 Å². The summed E-state index contributed by atoms with van der Waals surface area (Å²) < 4.78 is 0. The molecule has 22 heavy (non-hydrogen) atoms. The zero-order valence-corrected chi connectivity index (χ0v) is 11.9. The maximum absolute atomic E-state index is 10.9. The molecule has 1 atom stereocenters. The first-order valence-electron chi connectivity index (χ1n) is 7.06. The van der Waals surface area contributed by atoms with E-state index in [1.807, 2.05) is 54.6 Å². The molecule has 3 aromatic rings. The molecule has 0 spiro atoms. The van der Waals surface area contributed by atoms with Crippen LogP contribution in [0.4, 0.5) is 0 Å². The molecule has 3 N–H and O–H groups in total. The second-order valence-electron chi connectivity index (χ2n) is 5.22. The molecule has 1 unspecified atom stereocenters. The smallest absolute Gasteiger partial charge is 0.320 e. The molecular formula is C18H16N2O2. The Balaban J connectivity index is 2.03. The lowest BCUT2D eigenvalue weighted by atomic mass is 9.97. The van der Waals surface area contributed by atoms with Crippen LogP contribution >= 0.6 is 0 Å². The van der Waals surface area contributed by atoms with E-state index < -0.39 is 12.0 Å². The Bertz CT molecular complexity index is 825. The van der Waals surface area contributed by atoms with Crippen LogP contribution in [0.5, 0.6) is 0 Å². The molecule has 0 aliphatic heterocycles. The molecule has 4 heteroatoms. The number of pyridine rings is 1. The number of nitrogens with two attached hydrogens (primary N) is 1. The average molecular weight is 292 g/mol. The highest BCUT2D eigenvalue weighted by Gasteiger charge is 2.12. The molecule has 2 aromatic carbocycles. The number of carboxylic acid groups (broad SMARTS) is 1. The largest absolute Gasteiger partial charge is 0.480 e. The first kappa shape index (κ1) is 14.2. The van der Waals surface area contributed by atoms with Gasteiger partial charge in [-0.15, -0.1) is 0 Å². The van der Waals surface area contributed by atoms with E-state index in [1.54, 1.807) is 6.20 Å². The summed E-state index contributed by atoms with van der Waals surface area (Å²) in [4.78, 5) is 15.3. The van der Waals surface area contributed by atoms with Crippen LogP contribution < -0.4 is 5.73 Å². The fourth-order valence-electron chi connectivity index (χ4n) is 2.55. The van der Waals surface area contributed by atoms with E-state index in [4.69, 9.17) is 10.8 Å². The van der Waals surface area contributed by atoms with Crippen molar-refractivity contribution in [1.82, 2.24) is 4.98 Å². The van der Waals surface area contributed by atoms with Gasteiger partial charge in [-0.25, -0.2) is 0 Å². The van der Waals surface area contributed by atoms with E-state index in [0.29, 0.717) is 6.42 Å². The van der Waals surface area contributed by atoms with Gasteiger partial charge in [-0.2, -0.15) is 0 Å². The molecule has 110 valence electrons. The van der Waals surface area contributed by atoms with Crippen LogP contribution in [-0.2, 0) is 11.2 Å². The average Bonchev–Trinajstić information content (AvgIpc) is 2.54. The van der Waals surface area contributed by atoms with E-state index in [-0.39, 0.29) is 0 Å². The molecule has 4 nitrogen and oxygen atoms in total. The van der Waals surface area contributed by atoms with Crippen molar-refractivity contribution in [1.29, 1.82) is 0 Å². The Morgan fingerprint density at radius 2 is 1.95 bits per heavy atom. The molecule has 0 bridgehead atoms. The number of fused-ring (bicyclic) bond motifs is 1. The summed E-state index contributed by atoms with van der Waals surface area (Å²) in [6.45, 7) is 0. The Morgan fingerprint density at radius 3 is 2.77 bits per heavy atom. The van der Waals surface area contributed by atoms with Crippen molar-refractivity contribution in [3.05, 3.63) is 66.4 Å². The summed E-state index contributed by atoms with van der Waals surface area (Å²) in [7, 11) is 0. The van der Waals surface area contributed by atoms with Gasteiger partial charge in [0.2, 0.25) is 0 Å². The summed E-state index contributed by atoms with van der Waals surface area (Å²) in [6.07, 6.45) is 2.10. The summed E-state index contributed by atoms with van der Waals surface area (Å²) in [5.74, 6) is -0.986. The molecule has 0 saturated heterocycles. The third-order valence-electron chi connectivity index (χ3n) is 3.66. The predicted octanol–water partition coefficient (Wildman–Crippen LogP) is 2.86. The highest BCUT2D eigenvalue weighted by atomic mass is 16.4.